The van der Waals surface area contributed by atoms with Crippen molar-refractivity contribution in [2.45, 2.75) is 19.9 Å². The van der Waals surface area contributed by atoms with Crippen LogP contribution in [0, 0.1) is 4.77 Å². The van der Waals surface area contributed by atoms with Crippen LogP contribution in [-0.4, -0.2) is 16.2 Å². The minimum Gasteiger partial charge on any atom is -0.491 e. The Kier molecular flexibility index (Phi) is 3.60. The number of hydrogen-bond acceptors (Lipinski definition) is 3. The zero-order valence-corrected chi connectivity index (χ0v) is 12.1. The molecule has 0 aliphatic rings. The molecule has 0 aliphatic carbocycles. The van der Waals surface area contributed by atoms with Crippen molar-refractivity contribution in [3.8, 4) is 5.75 Å². The van der Waals surface area contributed by atoms with Crippen LogP contribution in [0.2, 0.25) is 0 Å². The minimum absolute atomic E-state index is 0.614. The highest BCUT2D eigenvalue weighted by Gasteiger charge is 2.10. The molecule has 4 nitrogen and oxygen atoms in total. The summed E-state index contributed by atoms with van der Waals surface area (Å²) in [5, 5.41) is 0. The SMILES string of the molecule is CCCOc1cccc2c1[nH]c(=S)n2Cc1ccco1. The van der Waals surface area contributed by atoms with Gasteiger partial charge in [0.2, 0.25) is 0 Å². The van der Waals surface area contributed by atoms with Crippen LogP contribution < -0.4 is 4.74 Å². The third-order valence-corrected chi connectivity index (χ3v) is 3.45. The fourth-order valence-corrected chi connectivity index (χ4v) is 2.47. The first-order chi connectivity index (χ1) is 9.79. The van der Waals surface area contributed by atoms with Gasteiger partial charge in [0, 0.05) is 0 Å². The molecule has 0 spiro atoms. The molecule has 2 aromatic heterocycles. The molecule has 0 unspecified atom stereocenters. The molecule has 0 atom stereocenters. The first kappa shape index (κ1) is 13.0. The predicted octanol–water partition coefficient (Wildman–Crippen LogP) is 4.13. The number of H-pyrrole nitrogens is 1. The normalized spacial score (nSPS) is 11.1. The summed E-state index contributed by atoms with van der Waals surface area (Å²) < 4.78 is 13.8. The lowest BCUT2D eigenvalue weighted by Crippen LogP contribution is -1.99. The number of imidazole rings is 1. The van der Waals surface area contributed by atoms with Crippen molar-refractivity contribution < 1.29 is 9.15 Å². The van der Waals surface area contributed by atoms with Gasteiger partial charge in [-0.3, -0.25) is 0 Å². The molecule has 3 aromatic rings. The van der Waals surface area contributed by atoms with Gasteiger partial charge in [-0.1, -0.05) is 13.0 Å². The molecule has 1 aromatic carbocycles. The molecule has 0 radical (unpaired) electrons. The van der Waals surface area contributed by atoms with Crippen molar-refractivity contribution >= 4 is 23.3 Å². The van der Waals surface area contributed by atoms with E-state index in [1.54, 1.807) is 6.26 Å². The number of aromatic nitrogens is 2. The van der Waals surface area contributed by atoms with Crippen molar-refractivity contribution in [1.29, 1.82) is 0 Å². The van der Waals surface area contributed by atoms with Crippen LogP contribution in [-0.2, 0) is 6.54 Å². The van der Waals surface area contributed by atoms with Crippen molar-refractivity contribution in [2.75, 3.05) is 6.61 Å². The van der Waals surface area contributed by atoms with E-state index in [0.717, 1.165) is 29.0 Å². The van der Waals surface area contributed by atoms with E-state index in [2.05, 4.69) is 11.9 Å². The van der Waals surface area contributed by atoms with E-state index >= 15 is 0 Å². The van der Waals surface area contributed by atoms with Gasteiger partial charge in [0.25, 0.3) is 0 Å². The van der Waals surface area contributed by atoms with Crippen molar-refractivity contribution in [2.24, 2.45) is 0 Å². The van der Waals surface area contributed by atoms with Gasteiger partial charge in [0.05, 0.1) is 24.9 Å². The lowest BCUT2D eigenvalue weighted by molar-refractivity contribution is 0.320. The number of hydrogen-bond donors (Lipinski definition) is 1. The van der Waals surface area contributed by atoms with Gasteiger partial charge in [-0.15, -0.1) is 0 Å². The summed E-state index contributed by atoms with van der Waals surface area (Å²) in [6, 6.07) is 9.79. The molecule has 20 heavy (non-hydrogen) atoms. The molecular weight excluding hydrogens is 272 g/mol. The van der Waals surface area contributed by atoms with Gasteiger partial charge in [0.1, 0.15) is 17.0 Å². The number of furan rings is 1. The summed E-state index contributed by atoms with van der Waals surface area (Å²) in [7, 11) is 0. The van der Waals surface area contributed by atoms with Crippen LogP contribution in [0.25, 0.3) is 11.0 Å². The van der Waals surface area contributed by atoms with E-state index in [-0.39, 0.29) is 0 Å². The maximum absolute atomic E-state index is 5.76. The Labute approximate surface area is 122 Å². The third kappa shape index (κ3) is 2.36. The van der Waals surface area contributed by atoms with E-state index in [1.807, 2.05) is 34.9 Å². The van der Waals surface area contributed by atoms with Crippen LogP contribution in [0.1, 0.15) is 19.1 Å². The van der Waals surface area contributed by atoms with Crippen LogP contribution in [0.5, 0.6) is 5.75 Å². The Balaban J connectivity index is 2.05. The average Bonchev–Trinajstić information content (AvgIpc) is 3.06. The van der Waals surface area contributed by atoms with E-state index in [1.165, 1.54) is 0 Å². The van der Waals surface area contributed by atoms with Gasteiger partial charge in [-0.2, -0.15) is 0 Å². The van der Waals surface area contributed by atoms with E-state index in [0.29, 0.717) is 17.9 Å². The molecule has 2 heterocycles. The van der Waals surface area contributed by atoms with Crippen LogP contribution in [0.15, 0.2) is 41.0 Å². The monoisotopic (exact) mass is 288 g/mol. The molecule has 5 heteroatoms. The number of benzene rings is 1. The maximum Gasteiger partial charge on any atom is 0.178 e. The summed E-state index contributed by atoms with van der Waals surface area (Å²) in [6.45, 7) is 3.40. The highest BCUT2D eigenvalue weighted by atomic mass is 32.1. The number of fused-ring (bicyclic) bond motifs is 1. The smallest absolute Gasteiger partial charge is 0.178 e. The summed E-state index contributed by atoms with van der Waals surface area (Å²) >= 11 is 5.41. The summed E-state index contributed by atoms with van der Waals surface area (Å²) in [4.78, 5) is 3.23. The standard InChI is InChI=1S/C15H16N2O2S/c1-2-8-19-13-7-3-6-12-14(13)16-15(20)17(12)10-11-5-4-9-18-11/h3-7,9H,2,8,10H2,1H3,(H,16,20). The van der Waals surface area contributed by atoms with Gasteiger partial charge in [0.15, 0.2) is 4.77 Å². The third-order valence-electron chi connectivity index (χ3n) is 3.13. The van der Waals surface area contributed by atoms with Gasteiger partial charge in [-0.05, 0) is 42.9 Å². The topological polar surface area (TPSA) is 43.1 Å². The molecule has 0 amide bonds. The number of para-hydroxylation sites is 1. The van der Waals surface area contributed by atoms with Crippen LogP contribution in [0.3, 0.4) is 0 Å². The largest absolute Gasteiger partial charge is 0.491 e. The molecule has 1 N–H and O–H groups in total. The highest BCUT2D eigenvalue weighted by Crippen LogP contribution is 2.25. The summed E-state index contributed by atoms with van der Waals surface area (Å²) in [5.41, 5.74) is 1.97. The van der Waals surface area contributed by atoms with Crippen molar-refractivity contribution in [3.63, 3.8) is 0 Å². The number of rotatable bonds is 5. The Morgan fingerprint density at radius 3 is 2.95 bits per heavy atom. The Morgan fingerprint density at radius 1 is 1.30 bits per heavy atom. The fourth-order valence-electron chi connectivity index (χ4n) is 2.20. The Morgan fingerprint density at radius 2 is 2.20 bits per heavy atom. The lowest BCUT2D eigenvalue weighted by Gasteiger charge is -2.06. The average molecular weight is 288 g/mol. The fraction of sp³-hybridized carbons (Fsp3) is 0.267. The van der Waals surface area contributed by atoms with E-state index < -0.39 is 0 Å². The van der Waals surface area contributed by atoms with Crippen molar-refractivity contribution in [1.82, 2.24) is 9.55 Å². The number of nitrogens with one attached hydrogen (secondary N) is 1. The van der Waals surface area contributed by atoms with Gasteiger partial charge >= 0.3 is 0 Å². The van der Waals surface area contributed by atoms with Crippen LogP contribution >= 0.6 is 12.2 Å². The molecule has 0 bridgehead atoms. The van der Waals surface area contributed by atoms with Crippen LogP contribution in [0.4, 0.5) is 0 Å². The second kappa shape index (κ2) is 5.54. The summed E-state index contributed by atoms with van der Waals surface area (Å²) in [6.07, 6.45) is 2.65. The van der Waals surface area contributed by atoms with E-state index in [4.69, 9.17) is 21.4 Å². The second-order valence-corrected chi connectivity index (χ2v) is 4.98. The zero-order valence-electron chi connectivity index (χ0n) is 11.3. The quantitative estimate of drug-likeness (QED) is 0.718. The summed E-state index contributed by atoms with van der Waals surface area (Å²) in [5.74, 6) is 1.72. The second-order valence-electron chi connectivity index (χ2n) is 4.59. The molecule has 0 fully saturated rings. The Bertz CT molecular complexity index is 756. The highest BCUT2D eigenvalue weighted by molar-refractivity contribution is 7.71. The molecule has 3 rings (SSSR count). The molecule has 0 aliphatic heterocycles. The number of ether oxygens (including phenoxy) is 1. The Hall–Kier alpha value is -2.01. The van der Waals surface area contributed by atoms with Gasteiger partial charge in [-0.25, -0.2) is 0 Å². The van der Waals surface area contributed by atoms with Crippen molar-refractivity contribution in [3.05, 3.63) is 47.1 Å². The van der Waals surface area contributed by atoms with Gasteiger partial charge < -0.3 is 18.7 Å². The zero-order chi connectivity index (χ0) is 13.9. The molecular formula is C15H16N2O2S. The number of nitrogens with zero attached hydrogens (tertiary/aromatic N) is 1. The maximum atomic E-state index is 5.76. The first-order valence-electron chi connectivity index (χ1n) is 6.66. The molecule has 0 saturated heterocycles. The first-order valence-corrected chi connectivity index (χ1v) is 7.07. The lowest BCUT2D eigenvalue weighted by atomic mass is 10.3. The predicted molar refractivity (Wildman–Crippen MR) is 80.7 cm³/mol. The van der Waals surface area contributed by atoms with E-state index in [9.17, 15) is 0 Å². The molecule has 104 valence electrons. The molecule has 0 saturated carbocycles. The minimum atomic E-state index is 0.614. The number of aromatic amines is 1.